The van der Waals surface area contributed by atoms with Gasteiger partial charge in [-0.05, 0) is 87.4 Å². The van der Waals surface area contributed by atoms with Crippen molar-refractivity contribution >= 4 is 11.6 Å². The molecule has 156 valence electrons. The molecule has 0 aliphatic heterocycles. The van der Waals surface area contributed by atoms with Gasteiger partial charge in [0, 0.05) is 5.69 Å². The normalized spacial score (nSPS) is 11.3. The molecule has 30 heavy (non-hydrogen) atoms. The predicted molar refractivity (Wildman–Crippen MR) is 117 cm³/mol. The predicted octanol–water partition coefficient (Wildman–Crippen LogP) is 6.08. The SMILES string of the molecule is CC(C)Oc1ccc(-c2ccc(NC(=O)C(C)(C)Oc3ccc(F)cc3)cc2)cc1. The van der Waals surface area contributed by atoms with Gasteiger partial charge >= 0.3 is 0 Å². The third-order valence-electron chi connectivity index (χ3n) is 4.44. The van der Waals surface area contributed by atoms with Crippen LogP contribution in [0.2, 0.25) is 0 Å². The molecule has 3 aromatic carbocycles. The smallest absolute Gasteiger partial charge is 0.267 e. The van der Waals surface area contributed by atoms with Gasteiger partial charge in [0.2, 0.25) is 0 Å². The molecule has 0 aliphatic rings. The van der Waals surface area contributed by atoms with Crippen LogP contribution in [-0.4, -0.2) is 17.6 Å². The lowest BCUT2D eigenvalue weighted by Gasteiger charge is -2.25. The highest BCUT2D eigenvalue weighted by Gasteiger charge is 2.30. The van der Waals surface area contributed by atoms with E-state index in [2.05, 4.69) is 5.32 Å². The number of rotatable bonds is 7. The van der Waals surface area contributed by atoms with E-state index in [1.54, 1.807) is 13.8 Å². The highest BCUT2D eigenvalue weighted by Crippen LogP contribution is 2.25. The van der Waals surface area contributed by atoms with Crippen molar-refractivity contribution < 1.29 is 18.7 Å². The Hall–Kier alpha value is -3.34. The van der Waals surface area contributed by atoms with Crippen LogP contribution in [0.5, 0.6) is 11.5 Å². The largest absolute Gasteiger partial charge is 0.491 e. The quantitative estimate of drug-likeness (QED) is 0.517. The van der Waals surface area contributed by atoms with Crippen molar-refractivity contribution in [1.29, 1.82) is 0 Å². The van der Waals surface area contributed by atoms with E-state index < -0.39 is 5.60 Å². The van der Waals surface area contributed by atoms with Crippen molar-refractivity contribution in [2.24, 2.45) is 0 Å². The Morgan fingerprint density at radius 2 is 1.33 bits per heavy atom. The van der Waals surface area contributed by atoms with Crippen molar-refractivity contribution in [3.8, 4) is 22.6 Å². The van der Waals surface area contributed by atoms with Crippen LogP contribution in [-0.2, 0) is 4.79 Å². The summed E-state index contributed by atoms with van der Waals surface area (Å²) >= 11 is 0. The minimum absolute atomic E-state index is 0.134. The molecule has 1 amide bonds. The molecule has 3 aromatic rings. The first-order valence-corrected chi connectivity index (χ1v) is 9.86. The number of amides is 1. The minimum Gasteiger partial charge on any atom is -0.491 e. The highest BCUT2D eigenvalue weighted by atomic mass is 19.1. The van der Waals surface area contributed by atoms with Gasteiger partial charge in [0.15, 0.2) is 5.60 Å². The minimum atomic E-state index is -1.12. The summed E-state index contributed by atoms with van der Waals surface area (Å²) in [6.45, 7) is 7.32. The second-order valence-corrected chi connectivity index (χ2v) is 7.79. The number of halogens is 1. The topological polar surface area (TPSA) is 47.6 Å². The number of hydrogen-bond donors (Lipinski definition) is 1. The van der Waals surface area contributed by atoms with Gasteiger partial charge in [0.05, 0.1) is 6.10 Å². The van der Waals surface area contributed by atoms with E-state index in [0.29, 0.717) is 11.4 Å². The molecule has 4 nitrogen and oxygen atoms in total. The van der Waals surface area contributed by atoms with Crippen LogP contribution in [0.1, 0.15) is 27.7 Å². The Balaban J connectivity index is 1.64. The number of anilines is 1. The molecule has 0 aromatic heterocycles. The molecule has 0 aliphatic carbocycles. The van der Waals surface area contributed by atoms with E-state index >= 15 is 0 Å². The van der Waals surface area contributed by atoms with Gasteiger partial charge in [-0.25, -0.2) is 4.39 Å². The third kappa shape index (κ3) is 5.60. The average molecular weight is 407 g/mol. The van der Waals surface area contributed by atoms with E-state index in [0.717, 1.165) is 16.9 Å². The molecular weight excluding hydrogens is 381 g/mol. The summed E-state index contributed by atoms with van der Waals surface area (Å²) < 4.78 is 24.5. The molecular formula is C25H26FNO3. The fraction of sp³-hybridized carbons (Fsp3) is 0.240. The highest BCUT2D eigenvalue weighted by molar-refractivity contribution is 5.97. The second-order valence-electron chi connectivity index (χ2n) is 7.79. The van der Waals surface area contributed by atoms with E-state index in [9.17, 15) is 9.18 Å². The number of nitrogens with one attached hydrogen (secondary N) is 1. The van der Waals surface area contributed by atoms with Crippen LogP contribution in [0.3, 0.4) is 0 Å². The maximum atomic E-state index is 13.0. The molecule has 5 heteroatoms. The number of benzene rings is 3. The maximum absolute atomic E-state index is 13.0. The van der Waals surface area contributed by atoms with Gasteiger partial charge in [0.25, 0.3) is 5.91 Å². The number of hydrogen-bond acceptors (Lipinski definition) is 3. The Bertz CT molecular complexity index is 978. The molecule has 0 unspecified atom stereocenters. The lowest BCUT2D eigenvalue weighted by Crippen LogP contribution is -2.42. The first-order chi connectivity index (χ1) is 14.2. The van der Waals surface area contributed by atoms with Gasteiger partial charge in [-0.1, -0.05) is 24.3 Å². The van der Waals surface area contributed by atoms with Gasteiger partial charge in [-0.15, -0.1) is 0 Å². The van der Waals surface area contributed by atoms with Gasteiger partial charge < -0.3 is 14.8 Å². The Kier molecular flexibility index (Phi) is 6.40. The van der Waals surface area contributed by atoms with Crippen molar-refractivity contribution in [1.82, 2.24) is 0 Å². The third-order valence-corrected chi connectivity index (χ3v) is 4.44. The molecule has 0 saturated heterocycles. The molecule has 1 N–H and O–H groups in total. The molecule has 0 heterocycles. The van der Waals surface area contributed by atoms with Crippen molar-refractivity contribution in [3.05, 3.63) is 78.6 Å². The molecule has 3 rings (SSSR count). The molecule has 0 saturated carbocycles. The zero-order chi connectivity index (χ0) is 21.7. The Morgan fingerprint density at radius 3 is 1.87 bits per heavy atom. The van der Waals surface area contributed by atoms with Crippen LogP contribution < -0.4 is 14.8 Å². The summed E-state index contributed by atoms with van der Waals surface area (Å²) in [4.78, 5) is 12.7. The zero-order valence-corrected chi connectivity index (χ0v) is 17.6. The van der Waals surface area contributed by atoms with E-state index in [4.69, 9.17) is 9.47 Å². The first-order valence-electron chi connectivity index (χ1n) is 9.86. The lowest BCUT2D eigenvalue weighted by atomic mass is 10.0. The van der Waals surface area contributed by atoms with Crippen LogP contribution in [0.15, 0.2) is 72.8 Å². The second kappa shape index (κ2) is 8.99. The van der Waals surface area contributed by atoms with Gasteiger partial charge in [0.1, 0.15) is 17.3 Å². The van der Waals surface area contributed by atoms with Crippen molar-refractivity contribution in [2.75, 3.05) is 5.32 Å². The lowest BCUT2D eigenvalue weighted by molar-refractivity contribution is -0.128. The van der Waals surface area contributed by atoms with Crippen LogP contribution in [0, 0.1) is 5.82 Å². The summed E-state index contributed by atoms with van der Waals surface area (Å²) in [5.74, 6) is 0.611. The Labute approximate surface area is 176 Å². The van der Waals surface area contributed by atoms with Crippen LogP contribution in [0.4, 0.5) is 10.1 Å². The van der Waals surface area contributed by atoms with Gasteiger partial charge in [-0.2, -0.15) is 0 Å². The first kappa shape index (κ1) is 21.4. The maximum Gasteiger partial charge on any atom is 0.267 e. The summed E-state index contributed by atoms with van der Waals surface area (Å²) in [6.07, 6.45) is 0.134. The fourth-order valence-corrected chi connectivity index (χ4v) is 2.87. The van der Waals surface area contributed by atoms with Crippen molar-refractivity contribution in [2.45, 2.75) is 39.4 Å². The number of ether oxygens (including phenoxy) is 2. The monoisotopic (exact) mass is 407 g/mol. The zero-order valence-electron chi connectivity index (χ0n) is 17.6. The van der Waals surface area contributed by atoms with E-state index in [1.165, 1.54) is 24.3 Å². The van der Waals surface area contributed by atoms with E-state index in [-0.39, 0.29) is 17.8 Å². The Morgan fingerprint density at radius 1 is 0.833 bits per heavy atom. The summed E-state index contributed by atoms with van der Waals surface area (Å²) in [6, 6.07) is 21.1. The average Bonchev–Trinajstić information content (AvgIpc) is 2.70. The standard InChI is InChI=1S/C25H26FNO3/c1-17(2)29-22-13-7-19(8-14-22)18-5-11-21(12-6-18)27-24(28)25(3,4)30-23-15-9-20(26)10-16-23/h5-17H,1-4H3,(H,27,28). The molecule has 0 radical (unpaired) electrons. The molecule has 0 spiro atoms. The molecule has 0 atom stereocenters. The number of carbonyl (C=O) groups is 1. The summed E-state index contributed by atoms with van der Waals surface area (Å²) in [7, 11) is 0. The van der Waals surface area contributed by atoms with Crippen LogP contribution in [0.25, 0.3) is 11.1 Å². The van der Waals surface area contributed by atoms with Gasteiger partial charge in [-0.3, -0.25) is 4.79 Å². The summed E-state index contributed by atoms with van der Waals surface area (Å²) in [5.41, 5.74) is 1.64. The fourth-order valence-electron chi connectivity index (χ4n) is 2.87. The van der Waals surface area contributed by atoms with E-state index in [1.807, 2.05) is 62.4 Å². The van der Waals surface area contributed by atoms with Crippen LogP contribution >= 0.6 is 0 Å². The van der Waals surface area contributed by atoms with Crippen molar-refractivity contribution in [3.63, 3.8) is 0 Å². The number of carbonyl (C=O) groups excluding carboxylic acids is 1. The molecule has 0 fully saturated rings. The molecule has 0 bridgehead atoms. The summed E-state index contributed by atoms with van der Waals surface area (Å²) in [5, 5.41) is 2.87.